The minimum atomic E-state index is -4.02. The lowest BCUT2D eigenvalue weighted by molar-refractivity contribution is -0.118. The van der Waals surface area contributed by atoms with Crippen LogP contribution in [0.25, 0.3) is 0 Å². The maximum Gasteiger partial charge on any atom is 0.235 e. The van der Waals surface area contributed by atoms with E-state index in [0.29, 0.717) is 5.02 Å². The van der Waals surface area contributed by atoms with E-state index in [4.69, 9.17) is 11.6 Å². The molecule has 0 atom stereocenters. The summed E-state index contributed by atoms with van der Waals surface area (Å²) in [7, 11) is -4.02. The highest BCUT2D eigenvalue weighted by Gasteiger charge is 2.22. The zero-order valence-electron chi connectivity index (χ0n) is 11.4. The predicted octanol–water partition coefficient (Wildman–Crippen LogP) is 2.57. The van der Waals surface area contributed by atoms with Crippen LogP contribution in [0.15, 0.2) is 53.4 Å². The number of sulfone groups is 1. The lowest BCUT2D eigenvalue weighted by Gasteiger charge is -2.07. The molecule has 22 heavy (non-hydrogen) atoms. The summed E-state index contributed by atoms with van der Waals surface area (Å²) in [6.07, 6.45) is 0. The molecular weight excluding hydrogens is 329 g/mol. The van der Waals surface area contributed by atoms with Crippen LogP contribution >= 0.6 is 11.6 Å². The first kappa shape index (κ1) is 16.5. The van der Waals surface area contributed by atoms with Gasteiger partial charge >= 0.3 is 0 Å². The zero-order valence-corrected chi connectivity index (χ0v) is 13.0. The molecule has 2 aromatic carbocycles. The number of hydrogen-bond acceptors (Lipinski definition) is 3. The van der Waals surface area contributed by atoms with Gasteiger partial charge in [0.2, 0.25) is 5.91 Å². The summed E-state index contributed by atoms with van der Waals surface area (Å²) in [4.78, 5) is 11.3. The quantitative estimate of drug-likeness (QED) is 0.909. The van der Waals surface area contributed by atoms with Crippen LogP contribution in [0.2, 0.25) is 5.02 Å². The normalized spacial score (nSPS) is 11.2. The van der Waals surface area contributed by atoms with Gasteiger partial charge in [-0.3, -0.25) is 4.79 Å². The van der Waals surface area contributed by atoms with Crippen LogP contribution in [0.3, 0.4) is 0 Å². The lowest BCUT2D eigenvalue weighted by atomic mass is 10.2. The third-order valence-electron chi connectivity index (χ3n) is 2.87. The Morgan fingerprint density at radius 2 is 1.86 bits per heavy atom. The van der Waals surface area contributed by atoms with Gasteiger partial charge < -0.3 is 5.32 Å². The highest BCUT2D eigenvalue weighted by atomic mass is 35.5. The molecule has 1 amide bonds. The maximum atomic E-state index is 13.5. The van der Waals surface area contributed by atoms with E-state index in [9.17, 15) is 17.6 Å². The first-order chi connectivity index (χ1) is 10.4. The van der Waals surface area contributed by atoms with Crippen LogP contribution in [-0.2, 0) is 21.2 Å². The first-order valence-electron chi connectivity index (χ1n) is 6.37. The van der Waals surface area contributed by atoms with Crippen LogP contribution in [0, 0.1) is 5.82 Å². The molecule has 0 radical (unpaired) electrons. The molecule has 116 valence electrons. The van der Waals surface area contributed by atoms with E-state index in [2.05, 4.69) is 5.32 Å². The van der Waals surface area contributed by atoms with Gasteiger partial charge in [-0.25, -0.2) is 12.8 Å². The van der Waals surface area contributed by atoms with Crippen LogP contribution in [-0.4, -0.2) is 20.1 Å². The van der Waals surface area contributed by atoms with Gasteiger partial charge in [-0.05, 0) is 29.8 Å². The van der Waals surface area contributed by atoms with Crippen LogP contribution in [0.1, 0.15) is 5.56 Å². The van der Waals surface area contributed by atoms with Gasteiger partial charge in [0, 0.05) is 11.6 Å². The third kappa shape index (κ3) is 4.29. The summed E-state index contributed by atoms with van der Waals surface area (Å²) in [5.74, 6) is -2.39. The number of carbonyl (C=O) groups is 1. The fraction of sp³-hybridized carbons (Fsp3) is 0.133. The topological polar surface area (TPSA) is 63.2 Å². The standard InChI is InChI=1S/C15H13ClFNO3S/c16-12-5-3-4-11(8-12)9-18-15(19)10-22(20,21)14-7-2-1-6-13(14)17/h1-8H,9-10H2,(H,18,19). The van der Waals surface area contributed by atoms with Crippen molar-refractivity contribution in [2.24, 2.45) is 0 Å². The third-order valence-corrected chi connectivity index (χ3v) is 4.75. The average molecular weight is 342 g/mol. The molecule has 0 heterocycles. The molecule has 0 unspecified atom stereocenters. The second kappa shape index (κ2) is 6.89. The first-order valence-corrected chi connectivity index (χ1v) is 8.40. The Hall–Kier alpha value is -1.92. The second-order valence-corrected chi connectivity index (χ2v) is 6.99. The Morgan fingerprint density at radius 3 is 2.55 bits per heavy atom. The summed E-state index contributed by atoms with van der Waals surface area (Å²) < 4.78 is 37.5. The summed E-state index contributed by atoms with van der Waals surface area (Å²) in [5, 5.41) is 2.99. The lowest BCUT2D eigenvalue weighted by Crippen LogP contribution is -2.30. The van der Waals surface area contributed by atoms with E-state index in [1.54, 1.807) is 24.3 Å². The Balaban J connectivity index is 2.01. The zero-order chi connectivity index (χ0) is 16.2. The Morgan fingerprint density at radius 1 is 1.14 bits per heavy atom. The van der Waals surface area contributed by atoms with Crippen molar-refractivity contribution in [2.45, 2.75) is 11.4 Å². The number of benzene rings is 2. The molecular formula is C15H13ClFNO3S. The van der Waals surface area contributed by atoms with Crippen LogP contribution in [0.4, 0.5) is 4.39 Å². The van der Waals surface area contributed by atoms with Crippen molar-refractivity contribution in [2.75, 3.05) is 5.75 Å². The molecule has 2 aromatic rings. The van der Waals surface area contributed by atoms with Crippen molar-refractivity contribution in [1.29, 1.82) is 0 Å². The highest BCUT2D eigenvalue weighted by Crippen LogP contribution is 2.15. The van der Waals surface area contributed by atoms with E-state index in [1.807, 2.05) is 0 Å². The van der Waals surface area contributed by atoms with Gasteiger partial charge in [0.15, 0.2) is 9.84 Å². The largest absolute Gasteiger partial charge is 0.351 e. The molecule has 0 aromatic heterocycles. The van der Waals surface area contributed by atoms with Crippen LogP contribution < -0.4 is 5.32 Å². The van der Waals surface area contributed by atoms with Crippen molar-refractivity contribution in [1.82, 2.24) is 5.32 Å². The molecule has 0 aliphatic carbocycles. The van der Waals surface area contributed by atoms with Gasteiger partial charge in [0.1, 0.15) is 16.5 Å². The molecule has 0 fully saturated rings. The molecule has 7 heteroatoms. The molecule has 0 saturated carbocycles. The van der Waals surface area contributed by atoms with Crippen LogP contribution in [0.5, 0.6) is 0 Å². The summed E-state index contributed by atoms with van der Waals surface area (Å²) in [6.45, 7) is 0.145. The smallest absolute Gasteiger partial charge is 0.235 e. The molecule has 0 saturated heterocycles. The minimum Gasteiger partial charge on any atom is -0.351 e. The molecule has 4 nitrogen and oxygen atoms in total. The molecule has 0 spiro atoms. The molecule has 1 N–H and O–H groups in total. The maximum absolute atomic E-state index is 13.5. The van der Waals surface area contributed by atoms with E-state index in [-0.39, 0.29) is 6.54 Å². The van der Waals surface area contributed by atoms with Gasteiger partial charge in [-0.15, -0.1) is 0 Å². The highest BCUT2D eigenvalue weighted by molar-refractivity contribution is 7.92. The Kier molecular flexibility index (Phi) is 5.15. The SMILES string of the molecule is O=C(CS(=O)(=O)c1ccccc1F)NCc1cccc(Cl)c1. The van der Waals surface area contributed by atoms with Gasteiger partial charge in [0.05, 0.1) is 0 Å². The summed E-state index contributed by atoms with van der Waals surface area (Å²) >= 11 is 5.81. The van der Waals surface area contributed by atoms with Gasteiger partial charge in [-0.2, -0.15) is 0 Å². The number of nitrogens with one attached hydrogen (secondary N) is 1. The Labute approximate surface area is 132 Å². The summed E-state index contributed by atoms with van der Waals surface area (Å²) in [6, 6.07) is 11.8. The monoisotopic (exact) mass is 341 g/mol. The number of carbonyl (C=O) groups excluding carboxylic acids is 1. The van der Waals surface area contributed by atoms with Crippen molar-refractivity contribution in [3.05, 3.63) is 64.9 Å². The fourth-order valence-electron chi connectivity index (χ4n) is 1.85. The van der Waals surface area contributed by atoms with E-state index in [0.717, 1.165) is 17.7 Å². The number of hydrogen-bond donors (Lipinski definition) is 1. The minimum absolute atomic E-state index is 0.145. The Bertz CT molecular complexity index is 793. The number of amides is 1. The van der Waals surface area contributed by atoms with Crippen molar-refractivity contribution in [3.63, 3.8) is 0 Å². The molecule has 0 aliphatic heterocycles. The average Bonchev–Trinajstić information content (AvgIpc) is 2.45. The second-order valence-electron chi connectivity index (χ2n) is 4.60. The molecule has 2 rings (SSSR count). The van der Waals surface area contributed by atoms with E-state index >= 15 is 0 Å². The summed E-state index contributed by atoms with van der Waals surface area (Å²) in [5.41, 5.74) is 0.740. The fourth-order valence-corrected chi connectivity index (χ4v) is 3.31. The van der Waals surface area contributed by atoms with Gasteiger partial charge in [0.25, 0.3) is 0 Å². The van der Waals surface area contributed by atoms with Crippen molar-refractivity contribution >= 4 is 27.3 Å². The van der Waals surface area contributed by atoms with E-state index < -0.39 is 32.2 Å². The van der Waals surface area contributed by atoms with Crippen molar-refractivity contribution in [3.8, 4) is 0 Å². The molecule has 0 aliphatic rings. The molecule has 0 bridgehead atoms. The van der Waals surface area contributed by atoms with Crippen molar-refractivity contribution < 1.29 is 17.6 Å². The number of halogens is 2. The van der Waals surface area contributed by atoms with E-state index in [1.165, 1.54) is 12.1 Å². The number of rotatable bonds is 5. The predicted molar refractivity (Wildman–Crippen MR) is 81.8 cm³/mol. The van der Waals surface area contributed by atoms with Gasteiger partial charge in [-0.1, -0.05) is 35.9 Å².